The van der Waals surface area contributed by atoms with E-state index in [2.05, 4.69) is 29.7 Å². The molecule has 1 aliphatic rings. The molecule has 1 saturated heterocycles. The van der Waals surface area contributed by atoms with Gasteiger partial charge in [0.05, 0.1) is 10.5 Å². The van der Waals surface area contributed by atoms with E-state index in [0.29, 0.717) is 27.6 Å². The topological polar surface area (TPSA) is 91.6 Å². The predicted molar refractivity (Wildman–Crippen MR) is 123 cm³/mol. The van der Waals surface area contributed by atoms with Crippen LogP contribution < -0.4 is 10.6 Å². The standard InChI is InChI=1S/C24H22N2O4S/c1-3-15-7-9-16(10-8-15)25-24-26-22(27)21(31-24)13-17-11-12-20(30-17)18-5-4-6-19(14(18)2)23(28)29/h4-13,24-25H,3H2,1-2H3,(H,26,27)(H,28,29)/b21-13-/t24-/m0/s1. The van der Waals surface area contributed by atoms with Gasteiger partial charge in [-0.05, 0) is 54.8 Å². The van der Waals surface area contributed by atoms with E-state index in [0.717, 1.165) is 12.1 Å². The summed E-state index contributed by atoms with van der Waals surface area (Å²) in [6.45, 7) is 3.86. The summed E-state index contributed by atoms with van der Waals surface area (Å²) in [5, 5.41) is 15.5. The molecule has 3 aromatic rings. The minimum atomic E-state index is -0.977. The quantitative estimate of drug-likeness (QED) is 0.467. The molecule has 7 heteroatoms. The third-order valence-corrected chi connectivity index (χ3v) is 6.15. The zero-order chi connectivity index (χ0) is 22.0. The Morgan fingerprint density at radius 1 is 1.19 bits per heavy atom. The van der Waals surface area contributed by atoms with Crippen molar-refractivity contribution in [3.63, 3.8) is 0 Å². The Bertz CT molecular complexity index is 1160. The van der Waals surface area contributed by atoms with Gasteiger partial charge in [-0.15, -0.1) is 0 Å². The van der Waals surface area contributed by atoms with Crippen molar-refractivity contribution in [2.24, 2.45) is 0 Å². The maximum atomic E-state index is 12.4. The number of furan rings is 1. The molecule has 0 radical (unpaired) electrons. The van der Waals surface area contributed by atoms with Gasteiger partial charge < -0.3 is 20.2 Å². The Kier molecular flexibility index (Phi) is 5.86. The highest BCUT2D eigenvalue weighted by atomic mass is 32.2. The summed E-state index contributed by atoms with van der Waals surface area (Å²) in [6.07, 6.45) is 2.68. The second-order valence-corrected chi connectivity index (χ2v) is 8.31. The normalized spacial score (nSPS) is 17.0. The van der Waals surface area contributed by atoms with Crippen LogP contribution in [0, 0.1) is 6.92 Å². The summed E-state index contributed by atoms with van der Waals surface area (Å²) in [7, 11) is 0. The molecule has 31 heavy (non-hydrogen) atoms. The van der Waals surface area contributed by atoms with Crippen LogP contribution in [0.4, 0.5) is 5.69 Å². The lowest BCUT2D eigenvalue weighted by Crippen LogP contribution is -2.30. The highest BCUT2D eigenvalue weighted by molar-refractivity contribution is 8.05. The lowest BCUT2D eigenvalue weighted by molar-refractivity contribution is -0.116. The van der Waals surface area contributed by atoms with Gasteiger partial charge in [-0.1, -0.05) is 43.0 Å². The second kappa shape index (κ2) is 8.73. The van der Waals surface area contributed by atoms with E-state index >= 15 is 0 Å². The number of rotatable bonds is 6. The first-order valence-electron chi connectivity index (χ1n) is 9.92. The van der Waals surface area contributed by atoms with E-state index in [1.165, 1.54) is 17.3 Å². The van der Waals surface area contributed by atoms with Gasteiger partial charge in [0.2, 0.25) is 0 Å². The number of aromatic carboxylic acids is 1. The summed E-state index contributed by atoms with van der Waals surface area (Å²) in [5.74, 6) is -0.0629. The van der Waals surface area contributed by atoms with Gasteiger partial charge >= 0.3 is 5.97 Å². The number of thioether (sulfide) groups is 1. The fourth-order valence-corrected chi connectivity index (χ4v) is 4.36. The third-order valence-electron chi connectivity index (χ3n) is 5.12. The number of benzene rings is 2. The van der Waals surface area contributed by atoms with Crippen LogP contribution in [-0.4, -0.2) is 22.5 Å². The van der Waals surface area contributed by atoms with Crippen LogP contribution in [0.1, 0.15) is 34.2 Å². The Morgan fingerprint density at radius 3 is 2.68 bits per heavy atom. The van der Waals surface area contributed by atoms with Crippen molar-refractivity contribution in [3.05, 3.63) is 82.0 Å². The van der Waals surface area contributed by atoms with E-state index in [1.54, 1.807) is 37.3 Å². The molecule has 0 bridgehead atoms. The molecule has 2 heterocycles. The maximum Gasteiger partial charge on any atom is 0.335 e. The fourth-order valence-electron chi connectivity index (χ4n) is 3.39. The summed E-state index contributed by atoms with van der Waals surface area (Å²) in [4.78, 5) is 24.3. The van der Waals surface area contributed by atoms with E-state index in [4.69, 9.17) is 4.42 Å². The summed E-state index contributed by atoms with van der Waals surface area (Å²) < 4.78 is 5.89. The molecule has 0 unspecified atom stereocenters. The Balaban J connectivity index is 1.49. The molecule has 158 valence electrons. The number of anilines is 1. The van der Waals surface area contributed by atoms with Crippen molar-refractivity contribution in [1.29, 1.82) is 0 Å². The number of amides is 1. The van der Waals surface area contributed by atoms with Crippen molar-refractivity contribution in [1.82, 2.24) is 5.32 Å². The van der Waals surface area contributed by atoms with Gasteiger partial charge in [-0.25, -0.2) is 4.79 Å². The molecule has 0 saturated carbocycles. The number of aryl methyl sites for hydroxylation is 1. The van der Waals surface area contributed by atoms with Crippen LogP contribution in [0.5, 0.6) is 0 Å². The molecule has 1 aromatic heterocycles. The molecular weight excluding hydrogens is 412 g/mol. The van der Waals surface area contributed by atoms with E-state index in [1.807, 2.05) is 18.2 Å². The summed E-state index contributed by atoms with van der Waals surface area (Å²) in [6, 6.07) is 16.7. The molecule has 2 aromatic carbocycles. The average molecular weight is 435 g/mol. The number of hydrogen-bond donors (Lipinski definition) is 3. The number of carbonyl (C=O) groups excluding carboxylic acids is 1. The lowest BCUT2D eigenvalue weighted by Gasteiger charge is -2.12. The highest BCUT2D eigenvalue weighted by Gasteiger charge is 2.27. The molecule has 3 N–H and O–H groups in total. The molecule has 0 spiro atoms. The smallest absolute Gasteiger partial charge is 0.335 e. The number of carbonyl (C=O) groups is 2. The minimum Gasteiger partial charge on any atom is -0.478 e. The minimum absolute atomic E-state index is 0.172. The Hall–Kier alpha value is -3.45. The van der Waals surface area contributed by atoms with Gasteiger partial charge in [0.1, 0.15) is 11.5 Å². The Morgan fingerprint density at radius 2 is 1.97 bits per heavy atom. The third kappa shape index (κ3) is 4.51. The van der Waals surface area contributed by atoms with Crippen molar-refractivity contribution in [2.75, 3.05) is 5.32 Å². The first-order chi connectivity index (χ1) is 14.9. The van der Waals surface area contributed by atoms with E-state index in [9.17, 15) is 14.7 Å². The van der Waals surface area contributed by atoms with Crippen LogP contribution in [0.25, 0.3) is 17.4 Å². The van der Waals surface area contributed by atoms with E-state index < -0.39 is 5.97 Å². The largest absolute Gasteiger partial charge is 0.478 e. The van der Waals surface area contributed by atoms with Crippen LogP contribution in [0.15, 0.2) is 63.9 Å². The summed E-state index contributed by atoms with van der Waals surface area (Å²) >= 11 is 1.38. The van der Waals surface area contributed by atoms with Crippen LogP contribution in [0.2, 0.25) is 0 Å². The number of hydrogen-bond acceptors (Lipinski definition) is 5. The van der Waals surface area contributed by atoms with Gasteiger partial charge in [0.15, 0.2) is 5.50 Å². The maximum absolute atomic E-state index is 12.4. The highest BCUT2D eigenvalue weighted by Crippen LogP contribution is 2.33. The van der Waals surface area contributed by atoms with Crippen LogP contribution in [-0.2, 0) is 11.2 Å². The molecule has 6 nitrogen and oxygen atoms in total. The van der Waals surface area contributed by atoms with E-state index in [-0.39, 0.29) is 17.0 Å². The van der Waals surface area contributed by atoms with Gasteiger partial charge in [-0.3, -0.25) is 4.79 Å². The van der Waals surface area contributed by atoms with Crippen molar-refractivity contribution in [3.8, 4) is 11.3 Å². The van der Waals surface area contributed by atoms with Gasteiger partial charge in [0, 0.05) is 17.3 Å². The van der Waals surface area contributed by atoms with Crippen molar-refractivity contribution < 1.29 is 19.1 Å². The number of carboxylic acid groups (broad SMARTS) is 1. The molecule has 1 atom stereocenters. The molecule has 1 aliphatic heterocycles. The molecular formula is C24H22N2O4S. The van der Waals surface area contributed by atoms with Crippen molar-refractivity contribution >= 4 is 35.4 Å². The molecule has 1 fully saturated rings. The number of carboxylic acids is 1. The zero-order valence-electron chi connectivity index (χ0n) is 17.1. The monoisotopic (exact) mass is 434 g/mol. The Labute approximate surface area is 184 Å². The van der Waals surface area contributed by atoms with Crippen LogP contribution >= 0.6 is 11.8 Å². The molecule has 0 aliphatic carbocycles. The lowest BCUT2D eigenvalue weighted by atomic mass is 10.0. The van der Waals surface area contributed by atoms with Gasteiger partial charge in [-0.2, -0.15) is 0 Å². The summed E-state index contributed by atoms with van der Waals surface area (Å²) in [5.41, 5.74) is 3.51. The van der Waals surface area contributed by atoms with Crippen molar-refractivity contribution in [2.45, 2.75) is 25.8 Å². The number of nitrogens with one attached hydrogen (secondary N) is 2. The first kappa shape index (κ1) is 20.8. The van der Waals surface area contributed by atoms with Gasteiger partial charge in [0.25, 0.3) is 5.91 Å². The first-order valence-corrected chi connectivity index (χ1v) is 10.8. The SMILES string of the molecule is CCc1ccc(N[C@H]2NC(=O)/C(=C/c3ccc(-c4cccc(C(=O)O)c4C)o3)S2)cc1. The second-order valence-electron chi connectivity index (χ2n) is 7.16. The zero-order valence-corrected chi connectivity index (χ0v) is 18.0. The predicted octanol–water partition coefficient (Wildman–Crippen LogP) is 5.12. The fraction of sp³-hybridized carbons (Fsp3) is 0.167. The molecule has 1 amide bonds. The average Bonchev–Trinajstić information content (AvgIpc) is 3.35. The van der Waals surface area contributed by atoms with Crippen LogP contribution in [0.3, 0.4) is 0 Å². The molecule has 4 rings (SSSR count).